The van der Waals surface area contributed by atoms with Gasteiger partial charge < -0.3 is 10.6 Å². The highest BCUT2D eigenvalue weighted by molar-refractivity contribution is 4.82. The standard InChI is InChI=1S/C14H28N2/c1-12(15)4-2-3-9-16(10-13-5-6-13)11-14-7-8-14/h12-14H,2-11,15H2,1H3. The first-order valence-corrected chi connectivity index (χ1v) is 7.22. The van der Waals surface area contributed by atoms with Crippen molar-refractivity contribution in [1.82, 2.24) is 4.90 Å². The smallest absolute Gasteiger partial charge is 0.00104 e. The van der Waals surface area contributed by atoms with Gasteiger partial charge in [0.15, 0.2) is 0 Å². The molecule has 2 N–H and O–H groups in total. The molecule has 0 aromatic heterocycles. The highest BCUT2D eigenvalue weighted by Crippen LogP contribution is 2.33. The second-order valence-corrected chi connectivity index (χ2v) is 6.12. The van der Waals surface area contributed by atoms with Crippen molar-refractivity contribution in [1.29, 1.82) is 0 Å². The summed E-state index contributed by atoms with van der Waals surface area (Å²) in [5.74, 6) is 2.10. The summed E-state index contributed by atoms with van der Waals surface area (Å²) in [7, 11) is 0. The molecule has 1 atom stereocenters. The van der Waals surface area contributed by atoms with Crippen molar-refractivity contribution >= 4 is 0 Å². The van der Waals surface area contributed by atoms with Gasteiger partial charge in [-0.25, -0.2) is 0 Å². The molecule has 2 rings (SSSR count). The first kappa shape index (κ1) is 12.4. The van der Waals surface area contributed by atoms with E-state index < -0.39 is 0 Å². The minimum absolute atomic E-state index is 0.389. The van der Waals surface area contributed by atoms with Gasteiger partial charge in [-0.15, -0.1) is 0 Å². The van der Waals surface area contributed by atoms with E-state index in [1.165, 1.54) is 64.6 Å². The number of nitrogens with two attached hydrogens (primary N) is 1. The third-order valence-electron chi connectivity index (χ3n) is 3.81. The van der Waals surface area contributed by atoms with E-state index >= 15 is 0 Å². The molecule has 0 aliphatic heterocycles. The van der Waals surface area contributed by atoms with Crippen LogP contribution in [0.15, 0.2) is 0 Å². The van der Waals surface area contributed by atoms with Crippen LogP contribution in [0, 0.1) is 11.8 Å². The Morgan fingerprint density at radius 2 is 1.62 bits per heavy atom. The van der Waals surface area contributed by atoms with Gasteiger partial charge in [-0.1, -0.05) is 6.42 Å². The lowest BCUT2D eigenvalue weighted by Crippen LogP contribution is -2.29. The second kappa shape index (κ2) is 6.02. The molecule has 0 aromatic carbocycles. The molecule has 16 heavy (non-hydrogen) atoms. The van der Waals surface area contributed by atoms with Crippen LogP contribution in [0.2, 0.25) is 0 Å². The number of unbranched alkanes of at least 4 members (excludes halogenated alkanes) is 1. The van der Waals surface area contributed by atoms with Crippen molar-refractivity contribution in [3.8, 4) is 0 Å². The van der Waals surface area contributed by atoms with Crippen LogP contribution >= 0.6 is 0 Å². The fourth-order valence-corrected chi connectivity index (χ4v) is 2.39. The normalized spacial score (nSPS) is 22.7. The van der Waals surface area contributed by atoms with Crippen LogP contribution in [0.1, 0.15) is 51.9 Å². The molecule has 0 radical (unpaired) electrons. The molecule has 0 saturated heterocycles. The predicted molar refractivity (Wildman–Crippen MR) is 69.4 cm³/mol. The van der Waals surface area contributed by atoms with Crippen molar-refractivity contribution in [2.75, 3.05) is 19.6 Å². The molecule has 2 heteroatoms. The monoisotopic (exact) mass is 224 g/mol. The van der Waals surface area contributed by atoms with Gasteiger partial charge in [0, 0.05) is 19.1 Å². The largest absolute Gasteiger partial charge is 0.328 e. The third kappa shape index (κ3) is 5.31. The van der Waals surface area contributed by atoms with Crippen molar-refractivity contribution < 1.29 is 0 Å². The van der Waals surface area contributed by atoms with Gasteiger partial charge in [-0.2, -0.15) is 0 Å². The van der Waals surface area contributed by atoms with Crippen molar-refractivity contribution in [2.24, 2.45) is 17.6 Å². The molecule has 2 aliphatic carbocycles. The maximum atomic E-state index is 5.78. The van der Waals surface area contributed by atoms with Crippen LogP contribution < -0.4 is 5.73 Å². The summed E-state index contributed by atoms with van der Waals surface area (Å²) >= 11 is 0. The minimum Gasteiger partial charge on any atom is -0.328 e. The van der Waals surface area contributed by atoms with Gasteiger partial charge in [0.05, 0.1) is 0 Å². The molecule has 0 heterocycles. The van der Waals surface area contributed by atoms with Crippen molar-refractivity contribution in [3.05, 3.63) is 0 Å². The van der Waals surface area contributed by atoms with Gasteiger partial charge in [0.1, 0.15) is 0 Å². The predicted octanol–water partition coefficient (Wildman–Crippen LogP) is 2.63. The number of nitrogens with zero attached hydrogens (tertiary/aromatic N) is 1. The van der Waals surface area contributed by atoms with Gasteiger partial charge in [-0.05, 0) is 63.8 Å². The van der Waals surface area contributed by atoms with Crippen LogP contribution in [0.4, 0.5) is 0 Å². The minimum atomic E-state index is 0.389. The Morgan fingerprint density at radius 3 is 2.06 bits per heavy atom. The van der Waals surface area contributed by atoms with E-state index in [4.69, 9.17) is 5.73 Å². The summed E-state index contributed by atoms with van der Waals surface area (Å²) < 4.78 is 0. The van der Waals surface area contributed by atoms with Gasteiger partial charge in [-0.3, -0.25) is 0 Å². The molecule has 0 bridgehead atoms. The van der Waals surface area contributed by atoms with Crippen LogP contribution in [0.25, 0.3) is 0 Å². The van der Waals surface area contributed by atoms with Crippen LogP contribution in [-0.2, 0) is 0 Å². The Labute approximate surface area is 101 Å². The first-order chi connectivity index (χ1) is 7.74. The van der Waals surface area contributed by atoms with Gasteiger partial charge in [0.2, 0.25) is 0 Å². The number of rotatable bonds is 9. The Bertz CT molecular complexity index is 181. The lowest BCUT2D eigenvalue weighted by atomic mass is 10.1. The second-order valence-electron chi connectivity index (χ2n) is 6.12. The molecule has 2 fully saturated rings. The first-order valence-electron chi connectivity index (χ1n) is 7.22. The lowest BCUT2D eigenvalue weighted by molar-refractivity contribution is 0.246. The highest BCUT2D eigenvalue weighted by Gasteiger charge is 2.28. The Balaban J connectivity index is 1.56. The lowest BCUT2D eigenvalue weighted by Gasteiger charge is -2.22. The average molecular weight is 224 g/mol. The molecule has 2 saturated carbocycles. The van der Waals surface area contributed by atoms with E-state index in [9.17, 15) is 0 Å². The zero-order valence-electron chi connectivity index (χ0n) is 10.8. The fourth-order valence-electron chi connectivity index (χ4n) is 2.39. The van der Waals surface area contributed by atoms with E-state index in [1.807, 2.05) is 0 Å². The molecule has 94 valence electrons. The summed E-state index contributed by atoms with van der Waals surface area (Å²) in [5.41, 5.74) is 5.78. The number of hydrogen-bond acceptors (Lipinski definition) is 2. The molecule has 0 aromatic rings. The summed E-state index contributed by atoms with van der Waals surface area (Å²) in [4.78, 5) is 2.73. The topological polar surface area (TPSA) is 29.3 Å². The molecular weight excluding hydrogens is 196 g/mol. The Hall–Kier alpha value is -0.0800. The van der Waals surface area contributed by atoms with Gasteiger partial charge in [0.25, 0.3) is 0 Å². The quantitative estimate of drug-likeness (QED) is 0.610. The van der Waals surface area contributed by atoms with Crippen molar-refractivity contribution in [2.45, 2.75) is 57.9 Å². The summed E-state index contributed by atoms with van der Waals surface area (Å²) in [6.07, 6.45) is 9.80. The molecule has 1 unspecified atom stereocenters. The summed E-state index contributed by atoms with van der Waals surface area (Å²) in [5, 5.41) is 0. The third-order valence-corrected chi connectivity index (χ3v) is 3.81. The zero-order valence-corrected chi connectivity index (χ0v) is 10.8. The van der Waals surface area contributed by atoms with Crippen LogP contribution in [-0.4, -0.2) is 30.6 Å². The Kier molecular flexibility index (Phi) is 4.66. The van der Waals surface area contributed by atoms with E-state index in [0.29, 0.717) is 6.04 Å². The van der Waals surface area contributed by atoms with E-state index in [1.54, 1.807) is 0 Å². The van der Waals surface area contributed by atoms with Crippen molar-refractivity contribution in [3.63, 3.8) is 0 Å². The van der Waals surface area contributed by atoms with E-state index in [0.717, 1.165) is 11.8 Å². The van der Waals surface area contributed by atoms with Crippen LogP contribution in [0.3, 0.4) is 0 Å². The Morgan fingerprint density at radius 1 is 1.06 bits per heavy atom. The number of hydrogen-bond donors (Lipinski definition) is 1. The van der Waals surface area contributed by atoms with Gasteiger partial charge >= 0.3 is 0 Å². The maximum absolute atomic E-state index is 5.78. The molecule has 2 nitrogen and oxygen atoms in total. The SMILES string of the molecule is CC(N)CCCCN(CC1CC1)CC1CC1. The highest BCUT2D eigenvalue weighted by atomic mass is 15.1. The molecular formula is C14H28N2. The fraction of sp³-hybridized carbons (Fsp3) is 1.00. The summed E-state index contributed by atoms with van der Waals surface area (Å²) in [6.45, 7) is 6.20. The van der Waals surface area contributed by atoms with E-state index in [-0.39, 0.29) is 0 Å². The van der Waals surface area contributed by atoms with Crippen LogP contribution in [0.5, 0.6) is 0 Å². The maximum Gasteiger partial charge on any atom is 0.00104 e. The molecule has 0 spiro atoms. The average Bonchev–Trinajstić information content (AvgIpc) is 3.06. The molecule has 2 aliphatic rings. The summed E-state index contributed by atoms with van der Waals surface area (Å²) in [6, 6.07) is 0.389. The zero-order chi connectivity index (χ0) is 11.4. The molecule has 0 amide bonds. The van der Waals surface area contributed by atoms with E-state index in [2.05, 4.69) is 11.8 Å².